The topological polar surface area (TPSA) is 82.1 Å². The Morgan fingerprint density at radius 1 is 1.35 bits per heavy atom. The van der Waals surface area contributed by atoms with Gasteiger partial charge in [-0.1, -0.05) is 13.3 Å². The smallest absolute Gasteiger partial charge is 0.343 e. The van der Waals surface area contributed by atoms with E-state index in [1.807, 2.05) is 13.8 Å². The minimum absolute atomic E-state index is 0.0506. The number of unbranched alkanes of at least 4 members (excludes halogenated alkanes) is 1. The molecule has 0 spiro atoms. The highest BCUT2D eigenvalue weighted by atomic mass is 16.6. The normalized spacial score (nSPS) is 18.8. The molecule has 6 heteroatoms. The minimum atomic E-state index is -0.595. The number of aliphatic hydroxyl groups is 1. The van der Waals surface area contributed by atoms with E-state index in [-0.39, 0.29) is 19.0 Å². The van der Waals surface area contributed by atoms with Crippen LogP contribution in [0.25, 0.3) is 0 Å². The second-order valence-electron chi connectivity index (χ2n) is 6.87. The molecule has 0 amide bonds. The first-order chi connectivity index (χ1) is 12.4. The first kappa shape index (κ1) is 20.2. The van der Waals surface area contributed by atoms with Gasteiger partial charge in [0, 0.05) is 12.2 Å². The fraction of sp³-hybridized carbons (Fsp3) is 0.600. The van der Waals surface area contributed by atoms with Crippen molar-refractivity contribution >= 4 is 11.8 Å². The molecule has 0 bridgehead atoms. The van der Waals surface area contributed by atoms with Crippen LogP contribution < -0.4 is 9.47 Å². The molecule has 26 heavy (non-hydrogen) atoms. The Labute approximate surface area is 154 Å². The Morgan fingerprint density at radius 3 is 2.77 bits per heavy atom. The van der Waals surface area contributed by atoms with Crippen molar-refractivity contribution in [1.29, 1.82) is 0 Å². The molecule has 0 aliphatic carbocycles. The molecule has 1 unspecified atom stereocenters. The Morgan fingerprint density at radius 2 is 2.12 bits per heavy atom. The van der Waals surface area contributed by atoms with Gasteiger partial charge in [0.15, 0.2) is 12.4 Å². The largest absolute Gasteiger partial charge is 0.486 e. The third kappa shape index (κ3) is 4.75. The van der Waals surface area contributed by atoms with Crippen molar-refractivity contribution < 1.29 is 28.9 Å². The molecular weight excluding hydrogens is 336 g/mol. The number of carbonyl (C=O) groups excluding carboxylic acids is 2. The number of carbonyl (C=O) groups is 2. The number of fused-ring (bicyclic) bond motifs is 1. The quantitative estimate of drug-likeness (QED) is 0.536. The molecule has 144 valence electrons. The van der Waals surface area contributed by atoms with Crippen molar-refractivity contribution in [1.82, 2.24) is 0 Å². The van der Waals surface area contributed by atoms with E-state index < -0.39 is 11.6 Å². The lowest BCUT2D eigenvalue weighted by atomic mass is 9.86. The van der Waals surface area contributed by atoms with E-state index >= 15 is 0 Å². The van der Waals surface area contributed by atoms with Crippen LogP contribution in [-0.4, -0.2) is 42.8 Å². The molecule has 0 saturated heterocycles. The zero-order valence-corrected chi connectivity index (χ0v) is 15.8. The number of ketones is 1. The summed E-state index contributed by atoms with van der Waals surface area (Å²) in [7, 11) is 1.31. The average molecular weight is 364 g/mol. The molecule has 2 rings (SSSR count). The van der Waals surface area contributed by atoms with Crippen molar-refractivity contribution in [3.8, 4) is 11.5 Å². The maximum absolute atomic E-state index is 12.7. The van der Waals surface area contributed by atoms with E-state index in [0.717, 1.165) is 18.4 Å². The molecule has 1 aliphatic rings. The Kier molecular flexibility index (Phi) is 7.03. The zero-order chi connectivity index (χ0) is 19.2. The van der Waals surface area contributed by atoms with Gasteiger partial charge >= 0.3 is 5.97 Å². The summed E-state index contributed by atoms with van der Waals surface area (Å²) in [6, 6.07) is 3.43. The highest BCUT2D eigenvalue weighted by molar-refractivity contribution is 6.01. The van der Waals surface area contributed by atoms with Gasteiger partial charge in [-0.05, 0) is 44.7 Å². The molecule has 1 N–H and O–H groups in total. The first-order valence-corrected chi connectivity index (χ1v) is 9.12. The predicted molar refractivity (Wildman–Crippen MR) is 96.9 cm³/mol. The second kappa shape index (κ2) is 9.03. The number of aliphatic hydroxyl groups excluding tert-OH is 1. The van der Waals surface area contributed by atoms with E-state index in [4.69, 9.17) is 14.6 Å². The van der Waals surface area contributed by atoms with E-state index in [2.05, 4.69) is 4.74 Å². The maximum atomic E-state index is 12.7. The summed E-state index contributed by atoms with van der Waals surface area (Å²) in [6.07, 6.45) is 4.02. The van der Waals surface area contributed by atoms with Gasteiger partial charge in [0.25, 0.3) is 0 Å². The van der Waals surface area contributed by atoms with Crippen LogP contribution in [0, 0.1) is 0 Å². The number of ether oxygens (including phenoxy) is 3. The Hall–Kier alpha value is -2.08. The van der Waals surface area contributed by atoms with Crippen molar-refractivity contribution in [2.24, 2.45) is 0 Å². The highest BCUT2D eigenvalue weighted by Crippen LogP contribution is 2.42. The lowest BCUT2D eigenvalue weighted by Crippen LogP contribution is -2.39. The van der Waals surface area contributed by atoms with Crippen LogP contribution in [0.4, 0.5) is 0 Å². The SMILES string of the molecule is CCCc1c(OCC(=O)OC)ccc2c1OC(C)(CCCCO)CC2=O. The number of methoxy groups -OCH3 is 1. The van der Waals surface area contributed by atoms with Gasteiger partial charge in [-0.15, -0.1) is 0 Å². The zero-order valence-electron chi connectivity index (χ0n) is 15.8. The van der Waals surface area contributed by atoms with Crippen LogP contribution in [0.5, 0.6) is 11.5 Å². The summed E-state index contributed by atoms with van der Waals surface area (Å²) >= 11 is 0. The number of rotatable bonds is 9. The van der Waals surface area contributed by atoms with E-state index in [9.17, 15) is 9.59 Å². The van der Waals surface area contributed by atoms with Gasteiger partial charge in [0.1, 0.15) is 17.1 Å². The van der Waals surface area contributed by atoms with Crippen LogP contribution in [0.2, 0.25) is 0 Å². The summed E-state index contributed by atoms with van der Waals surface area (Å²) < 4.78 is 16.5. The fourth-order valence-electron chi connectivity index (χ4n) is 3.23. The molecule has 6 nitrogen and oxygen atoms in total. The molecule has 0 fully saturated rings. The van der Waals surface area contributed by atoms with Gasteiger partial charge in [0.05, 0.1) is 19.1 Å². The number of hydrogen-bond donors (Lipinski definition) is 1. The number of hydrogen-bond acceptors (Lipinski definition) is 6. The summed E-state index contributed by atoms with van der Waals surface area (Å²) in [4.78, 5) is 24.1. The molecule has 1 heterocycles. The van der Waals surface area contributed by atoms with Gasteiger partial charge < -0.3 is 19.3 Å². The number of esters is 1. The first-order valence-electron chi connectivity index (χ1n) is 9.12. The number of Topliss-reactive ketones (excluding diaryl/α,β-unsaturated/α-hetero) is 1. The summed E-state index contributed by atoms with van der Waals surface area (Å²) in [6.45, 7) is 3.92. The maximum Gasteiger partial charge on any atom is 0.343 e. The molecule has 1 atom stereocenters. The van der Waals surface area contributed by atoms with E-state index in [1.54, 1.807) is 12.1 Å². The molecule has 0 radical (unpaired) electrons. The molecule has 0 saturated carbocycles. The molecule has 1 aliphatic heterocycles. The predicted octanol–water partition coefficient (Wildman–Crippen LogP) is 3.08. The lowest BCUT2D eigenvalue weighted by molar-refractivity contribution is -0.142. The minimum Gasteiger partial charge on any atom is -0.486 e. The Bertz CT molecular complexity index is 654. The monoisotopic (exact) mass is 364 g/mol. The average Bonchev–Trinajstić information content (AvgIpc) is 2.61. The molecule has 1 aromatic carbocycles. The number of benzene rings is 1. The van der Waals surface area contributed by atoms with Gasteiger partial charge in [0.2, 0.25) is 0 Å². The van der Waals surface area contributed by atoms with Crippen LogP contribution in [0.3, 0.4) is 0 Å². The molecule has 0 aromatic heterocycles. The van der Waals surface area contributed by atoms with Crippen molar-refractivity contribution in [3.63, 3.8) is 0 Å². The van der Waals surface area contributed by atoms with Crippen molar-refractivity contribution in [2.45, 2.75) is 58.0 Å². The van der Waals surface area contributed by atoms with E-state index in [1.165, 1.54) is 7.11 Å². The van der Waals surface area contributed by atoms with Crippen LogP contribution in [0.15, 0.2) is 12.1 Å². The molecule has 1 aromatic rings. The standard InChI is InChI=1S/C20H28O6/c1-4-7-15-17(25-13-18(23)24-3)9-8-14-16(22)12-20(2,26-19(14)15)10-5-6-11-21/h8-9,21H,4-7,10-13H2,1-3H3. The van der Waals surface area contributed by atoms with Crippen LogP contribution >= 0.6 is 0 Å². The lowest BCUT2D eigenvalue weighted by Gasteiger charge is -2.36. The van der Waals surface area contributed by atoms with Crippen LogP contribution in [0.1, 0.15) is 61.9 Å². The third-order valence-electron chi connectivity index (χ3n) is 4.59. The van der Waals surface area contributed by atoms with Gasteiger partial charge in [-0.2, -0.15) is 0 Å². The van der Waals surface area contributed by atoms with Gasteiger partial charge in [-0.25, -0.2) is 4.79 Å². The molecular formula is C20H28O6. The van der Waals surface area contributed by atoms with Crippen molar-refractivity contribution in [2.75, 3.05) is 20.3 Å². The summed E-state index contributed by atoms with van der Waals surface area (Å²) in [5.74, 6) is 0.700. The van der Waals surface area contributed by atoms with Crippen LogP contribution in [-0.2, 0) is 16.0 Å². The van der Waals surface area contributed by atoms with Gasteiger partial charge in [-0.3, -0.25) is 4.79 Å². The third-order valence-corrected chi connectivity index (χ3v) is 4.59. The van der Waals surface area contributed by atoms with Crippen molar-refractivity contribution in [3.05, 3.63) is 23.3 Å². The highest BCUT2D eigenvalue weighted by Gasteiger charge is 2.37. The summed E-state index contributed by atoms with van der Waals surface area (Å²) in [5, 5.41) is 9.00. The second-order valence-corrected chi connectivity index (χ2v) is 6.87. The summed E-state index contributed by atoms with van der Waals surface area (Å²) in [5.41, 5.74) is 0.789. The Balaban J connectivity index is 2.32. The van der Waals surface area contributed by atoms with E-state index in [0.29, 0.717) is 42.7 Å². The fourth-order valence-corrected chi connectivity index (χ4v) is 3.23.